The van der Waals surface area contributed by atoms with Gasteiger partial charge in [-0.1, -0.05) is 36.4 Å². The molecule has 3 aromatic rings. The first-order valence-electron chi connectivity index (χ1n) is 7.73. The molecule has 0 aliphatic rings. The van der Waals surface area contributed by atoms with Crippen LogP contribution in [0.15, 0.2) is 65.3 Å². The molecule has 118 valence electrons. The fraction of sp³-hybridized carbons (Fsp3) is 0.211. The summed E-state index contributed by atoms with van der Waals surface area (Å²) >= 11 is 0. The van der Waals surface area contributed by atoms with Gasteiger partial charge in [0, 0.05) is 11.1 Å². The summed E-state index contributed by atoms with van der Waals surface area (Å²) in [5.41, 5.74) is 0.826. The van der Waals surface area contributed by atoms with Crippen LogP contribution in [0.1, 0.15) is 25.6 Å². The van der Waals surface area contributed by atoms with E-state index in [1.54, 1.807) is 6.26 Å². The maximum absolute atomic E-state index is 12.5. The average molecular weight is 308 g/mol. The number of amides is 1. The van der Waals surface area contributed by atoms with Crippen molar-refractivity contribution in [3.8, 4) is 0 Å². The third kappa shape index (κ3) is 3.43. The number of furan rings is 1. The number of nitrogens with one attached hydrogen (secondary N) is 2. The predicted molar refractivity (Wildman–Crippen MR) is 92.3 cm³/mol. The summed E-state index contributed by atoms with van der Waals surface area (Å²) in [6.07, 6.45) is 1.63. The van der Waals surface area contributed by atoms with E-state index in [1.807, 2.05) is 68.4 Å². The van der Waals surface area contributed by atoms with Gasteiger partial charge in [-0.2, -0.15) is 0 Å². The lowest BCUT2D eigenvalue weighted by molar-refractivity contribution is -0.117. The Morgan fingerprint density at radius 3 is 2.57 bits per heavy atom. The van der Waals surface area contributed by atoms with Gasteiger partial charge in [0.2, 0.25) is 5.91 Å². The molecule has 2 aromatic carbocycles. The normalized spacial score (nSPS) is 13.7. The summed E-state index contributed by atoms with van der Waals surface area (Å²) in [6.45, 7) is 3.82. The fourth-order valence-electron chi connectivity index (χ4n) is 2.65. The van der Waals surface area contributed by atoms with Gasteiger partial charge in [0.15, 0.2) is 0 Å². The summed E-state index contributed by atoms with van der Waals surface area (Å²) in [5, 5.41) is 8.39. The zero-order valence-electron chi connectivity index (χ0n) is 13.2. The van der Waals surface area contributed by atoms with Crippen LogP contribution in [-0.4, -0.2) is 11.9 Å². The highest BCUT2D eigenvalue weighted by atomic mass is 16.3. The van der Waals surface area contributed by atoms with Crippen LogP contribution in [0.3, 0.4) is 0 Å². The van der Waals surface area contributed by atoms with E-state index in [0.29, 0.717) is 0 Å². The molecular formula is C19H20N2O2. The number of hydrogen-bond donors (Lipinski definition) is 2. The molecule has 1 heterocycles. The number of fused-ring (bicyclic) bond motifs is 1. The van der Waals surface area contributed by atoms with Crippen molar-refractivity contribution in [1.82, 2.24) is 5.32 Å². The summed E-state index contributed by atoms with van der Waals surface area (Å²) in [6, 6.07) is 17.3. The van der Waals surface area contributed by atoms with Crippen molar-refractivity contribution in [2.45, 2.75) is 25.9 Å². The van der Waals surface area contributed by atoms with Gasteiger partial charge in [-0.15, -0.1) is 0 Å². The molecule has 0 saturated carbocycles. The quantitative estimate of drug-likeness (QED) is 0.746. The number of carbonyl (C=O) groups is 1. The third-order valence-corrected chi connectivity index (χ3v) is 3.91. The molecule has 1 aromatic heterocycles. The first-order valence-corrected chi connectivity index (χ1v) is 7.73. The molecule has 1 amide bonds. The van der Waals surface area contributed by atoms with E-state index in [1.165, 1.54) is 0 Å². The lowest BCUT2D eigenvalue weighted by Gasteiger charge is -2.18. The highest BCUT2D eigenvalue weighted by Crippen LogP contribution is 2.23. The van der Waals surface area contributed by atoms with E-state index >= 15 is 0 Å². The topological polar surface area (TPSA) is 54.3 Å². The third-order valence-electron chi connectivity index (χ3n) is 3.91. The monoisotopic (exact) mass is 308 g/mol. The Kier molecular flexibility index (Phi) is 4.44. The molecule has 4 heteroatoms. The maximum Gasteiger partial charge on any atom is 0.241 e. The van der Waals surface area contributed by atoms with Crippen LogP contribution < -0.4 is 10.6 Å². The highest BCUT2D eigenvalue weighted by molar-refractivity contribution is 6.03. The van der Waals surface area contributed by atoms with Gasteiger partial charge in [0.1, 0.15) is 5.76 Å². The maximum atomic E-state index is 12.5. The van der Waals surface area contributed by atoms with E-state index in [-0.39, 0.29) is 18.0 Å². The summed E-state index contributed by atoms with van der Waals surface area (Å²) < 4.78 is 5.36. The molecule has 0 fully saturated rings. The molecule has 0 aliphatic heterocycles. The average Bonchev–Trinajstić information content (AvgIpc) is 3.09. The smallest absolute Gasteiger partial charge is 0.241 e. The molecule has 0 unspecified atom stereocenters. The second kappa shape index (κ2) is 6.67. The predicted octanol–water partition coefficient (Wildman–Crippen LogP) is 4.11. The molecular weight excluding hydrogens is 288 g/mol. The van der Waals surface area contributed by atoms with Gasteiger partial charge in [-0.05, 0) is 37.4 Å². The molecule has 3 rings (SSSR count). The van der Waals surface area contributed by atoms with E-state index in [9.17, 15) is 4.79 Å². The van der Waals surface area contributed by atoms with Gasteiger partial charge in [-0.3, -0.25) is 10.1 Å². The van der Waals surface area contributed by atoms with Gasteiger partial charge in [-0.25, -0.2) is 0 Å². The Labute approximate surface area is 135 Å². The number of anilines is 1. The lowest BCUT2D eigenvalue weighted by Crippen LogP contribution is -2.39. The molecule has 4 nitrogen and oxygen atoms in total. The van der Waals surface area contributed by atoms with Crippen molar-refractivity contribution in [1.29, 1.82) is 0 Å². The lowest BCUT2D eigenvalue weighted by atomic mass is 10.1. The Morgan fingerprint density at radius 2 is 1.78 bits per heavy atom. The van der Waals surface area contributed by atoms with E-state index in [0.717, 1.165) is 22.2 Å². The molecule has 23 heavy (non-hydrogen) atoms. The summed E-state index contributed by atoms with van der Waals surface area (Å²) in [4.78, 5) is 12.5. The summed E-state index contributed by atoms with van der Waals surface area (Å²) in [7, 11) is 0. The van der Waals surface area contributed by atoms with Crippen LogP contribution in [0, 0.1) is 0 Å². The largest absolute Gasteiger partial charge is 0.468 e. The Hall–Kier alpha value is -2.59. The van der Waals surface area contributed by atoms with Crippen LogP contribution >= 0.6 is 0 Å². The minimum Gasteiger partial charge on any atom is -0.468 e. The van der Waals surface area contributed by atoms with Crippen molar-refractivity contribution in [2.75, 3.05) is 5.32 Å². The van der Waals surface area contributed by atoms with Gasteiger partial charge < -0.3 is 9.73 Å². The van der Waals surface area contributed by atoms with Crippen molar-refractivity contribution in [3.63, 3.8) is 0 Å². The SMILES string of the molecule is C[C@H](N[C@H](C)C(=O)Nc1cccc2ccccc12)c1ccco1. The molecule has 0 spiro atoms. The van der Waals surface area contributed by atoms with Crippen LogP contribution in [0.5, 0.6) is 0 Å². The minimum absolute atomic E-state index is 0.0294. The molecule has 2 atom stereocenters. The Bertz CT molecular complexity index is 791. The molecule has 0 aliphatic carbocycles. The van der Waals surface area contributed by atoms with Gasteiger partial charge in [0.25, 0.3) is 0 Å². The molecule has 0 radical (unpaired) electrons. The van der Waals surface area contributed by atoms with Crippen molar-refractivity contribution >= 4 is 22.4 Å². The second-order valence-corrected chi connectivity index (χ2v) is 5.64. The molecule has 0 saturated heterocycles. The van der Waals surface area contributed by atoms with Crippen LogP contribution in [-0.2, 0) is 4.79 Å². The fourth-order valence-corrected chi connectivity index (χ4v) is 2.65. The zero-order chi connectivity index (χ0) is 16.2. The molecule has 2 N–H and O–H groups in total. The van der Waals surface area contributed by atoms with Crippen molar-refractivity contribution in [2.24, 2.45) is 0 Å². The van der Waals surface area contributed by atoms with Crippen LogP contribution in [0.4, 0.5) is 5.69 Å². The van der Waals surface area contributed by atoms with Crippen molar-refractivity contribution < 1.29 is 9.21 Å². The van der Waals surface area contributed by atoms with Gasteiger partial charge >= 0.3 is 0 Å². The van der Waals surface area contributed by atoms with Crippen LogP contribution in [0.2, 0.25) is 0 Å². The number of rotatable bonds is 5. The van der Waals surface area contributed by atoms with Gasteiger partial charge in [0.05, 0.1) is 18.3 Å². The van der Waals surface area contributed by atoms with E-state index in [4.69, 9.17) is 4.42 Å². The Balaban J connectivity index is 1.70. The zero-order valence-corrected chi connectivity index (χ0v) is 13.2. The first kappa shape index (κ1) is 15.3. The standard InChI is InChI=1S/C19H20N2O2/c1-13(18-11-6-12-23-18)20-14(2)19(22)21-17-10-5-8-15-7-3-4-9-16(15)17/h3-14,20H,1-2H3,(H,21,22)/t13-,14+/m0/s1. The highest BCUT2D eigenvalue weighted by Gasteiger charge is 2.18. The molecule has 0 bridgehead atoms. The number of carbonyl (C=O) groups excluding carboxylic acids is 1. The number of hydrogen-bond acceptors (Lipinski definition) is 3. The van der Waals surface area contributed by atoms with E-state index < -0.39 is 0 Å². The first-order chi connectivity index (χ1) is 11.1. The summed E-state index contributed by atoms with van der Waals surface area (Å²) in [5.74, 6) is 0.745. The van der Waals surface area contributed by atoms with E-state index in [2.05, 4.69) is 10.6 Å². The number of benzene rings is 2. The minimum atomic E-state index is -0.339. The van der Waals surface area contributed by atoms with Crippen LogP contribution in [0.25, 0.3) is 10.8 Å². The second-order valence-electron chi connectivity index (χ2n) is 5.64. The Morgan fingerprint density at radius 1 is 1.00 bits per heavy atom. The van der Waals surface area contributed by atoms with Crippen molar-refractivity contribution in [3.05, 3.63) is 66.6 Å².